The molecule has 7 heteroatoms. The number of ether oxygens (including phenoxy) is 1. The minimum Gasteiger partial charge on any atom is -0.489 e. The van der Waals surface area contributed by atoms with Crippen LogP contribution in [0.4, 0.5) is 0 Å². The number of carbonyl (C=O) groups is 3. The first-order chi connectivity index (χ1) is 16.8. The van der Waals surface area contributed by atoms with Gasteiger partial charge in [0.15, 0.2) is 0 Å². The smallest absolute Gasteiger partial charge is 0.242 e. The molecule has 0 radical (unpaired) electrons. The fourth-order valence-corrected chi connectivity index (χ4v) is 5.07. The average Bonchev–Trinajstić information content (AvgIpc) is 2.83. The van der Waals surface area contributed by atoms with Gasteiger partial charge < -0.3 is 19.9 Å². The number of piperidine rings is 1. The molecule has 7 nitrogen and oxygen atoms in total. The lowest BCUT2D eigenvalue weighted by Crippen LogP contribution is -2.49. The summed E-state index contributed by atoms with van der Waals surface area (Å²) in [5, 5.41) is 2.99. The Hall–Kier alpha value is -2.83. The Morgan fingerprint density at radius 1 is 1.14 bits per heavy atom. The predicted octanol–water partition coefficient (Wildman–Crippen LogP) is 3.78. The third-order valence-corrected chi connectivity index (χ3v) is 7.08. The van der Waals surface area contributed by atoms with Crippen molar-refractivity contribution in [1.29, 1.82) is 0 Å². The Morgan fingerprint density at radius 3 is 2.60 bits per heavy atom. The molecule has 35 heavy (non-hydrogen) atoms. The van der Waals surface area contributed by atoms with Crippen molar-refractivity contribution < 1.29 is 19.1 Å². The highest BCUT2D eigenvalue weighted by molar-refractivity contribution is 5.86. The van der Waals surface area contributed by atoms with Gasteiger partial charge in [-0.3, -0.25) is 14.4 Å². The van der Waals surface area contributed by atoms with Crippen molar-refractivity contribution >= 4 is 17.7 Å². The number of benzene rings is 1. The van der Waals surface area contributed by atoms with Crippen LogP contribution in [0.15, 0.2) is 36.4 Å². The Kier molecular flexibility index (Phi) is 9.75. The highest BCUT2D eigenvalue weighted by atomic mass is 16.5. The van der Waals surface area contributed by atoms with Gasteiger partial charge in [-0.1, -0.05) is 44.2 Å². The van der Waals surface area contributed by atoms with Crippen molar-refractivity contribution in [2.24, 2.45) is 17.8 Å². The molecule has 2 heterocycles. The summed E-state index contributed by atoms with van der Waals surface area (Å²) in [5.41, 5.74) is 0.897. The molecule has 2 aliphatic rings. The standard InChI is InChI=1S/C28H41N3O4/c1-5-21(6-2)28(34)31-18-24-10-7-8-12-25(24)35-15-9-11-23-17-30(27(33)19-31)14-13-22(23)16-26(32)29-20(3)4/h7-12,20-23H,5-6,13-19H2,1-4H3,(H,29,32)/t22-,23-/m0/s1. The van der Waals surface area contributed by atoms with Crippen molar-refractivity contribution in [3.05, 3.63) is 42.0 Å². The summed E-state index contributed by atoms with van der Waals surface area (Å²) in [6.45, 7) is 9.90. The van der Waals surface area contributed by atoms with Crippen LogP contribution in [-0.2, 0) is 20.9 Å². The fourth-order valence-electron chi connectivity index (χ4n) is 5.07. The second-order valence-corrected chi connectivity index (χ2v) is 10.0. The van der Waals surface area contributed by atoms with Crippen LogP contribution in [0.3, 0.4) is 0 Å². The van der Waals surface area contributed by atoms with E-state index in [1.54, 1.807) is 4.90 Å². The van der Waals surface area contributed by atoms with Gasteiger partial charge in [0.1, 0.15) is 18.9 Å². The summed E-state index contributed by atoms with van der Waals surface area (Å²) >= 11 is 0. The molecule has 1 aromatic rings. The molecule has 2 atom stereocenters. The van der Waals surface area contributed by atoms with E-state index >= 15 is 0 Å². The van der Waals surface area contributed by atoms with E-state index in [2.05, 4.69) is 11.4 Å². The molecular weight excluding hydrogens is 442 g/mol. The summed E-state index contributed by atoms with van der Waals surface area (Å²) in [6.07, 6.45) is 6.78. The van der Waals surface area contributed by atoms with Crippen LogP contribution in [0, 0.1) is 17.8 Å². The summed E-state index contributed by atoms with van der Waals surface area (Å²) in [6, 6.07) is 7.82. The molecule has 2 aliphatic heterocycles. The molecule has 3 rings (SSSR count). The van der Waals surface area contributed by atoms with Crippen molar-refractivity contribution in [1.82, 2.24) is 15.1 Å². The highest BCUT2D eigenvalue weighted by Gasteiger charge is 2.33. The highest BCUT2D eigenvalue weighted by Crippen LogP contribution is 2.29. The van der Waals surface area contributed by atoms with E-state index in [1.165, 1.54) is 0 Å². The van der Waals surface area contributed by atoms with E-state index in [-0.39, 0.29) is 48.1 Å². The second kappa shape index (κ2) is 12.8. The third kappa shape index (κ3) is 7.33. The first kappa shape index (κ1) is 26.8. The lowest BCUT2D eigenvalue weighted by atomic mass is 9.82. The number of hydrogen-bond acceptors (Lipinski definition) is 4. The third-order valence-electron chi connectivity index (χ3n) is 7.08. The zero-order valence-electron chi connectivity index (χ0n) is 21.7. The van der Waals surface area contributed by atoms with Crippen LogP contribution >= 0.6 is 0 Å². The summed E-state index contributed by atoms with van der Waals surface area (Å²) in [7, 11) is 0. The predicted molar refractivity (Wildman–Crippen MR) is 137 cm³/mol. The second-order valence-electron chi connectivity index (χ2n) is 10.0. The van der Waals surface area contributed by atoms with Crippen molar-refractivity contribution in [3.63, 3.8) is 0 Å². The quantitative estimate of drug-likeness (QED) is 0.625. The maximum atomic E-state index is 13.4. The first-order valence-electron chi connectivity index (χ1n) is 13.1. The molecule has 0 saturated carbocycles. The molecule has 1 N–H and O–H groups in total. The van der Waals surface area contributed by atoms with Gasteiger partial charge in [0, 0.05) is 43.6 Å². The monoisotopic (exact) mass is 483 g/mol. The SMILES string of the molecule is CCC(CC)C(=O)N1CC(=O)N2CC[C@@H](CC(=O)NC(C)C)[C@@H](C=CCOc3ccccc3C1)C2. The van der Waals surface area contributed by atoms with Crippen LogP contribution in [0.25, 0.3) is 0 Å². The zero-order chi connectivity index (χ0) is 25.4. The molecule has 0 aliphatic carbocycles. The molecule has 1 aromatic carbocycles. The van der Waals surface area contributed by atoms with Gasteiger partial charge in [-0.05, 0) is 51.0 Å². The van der Waals surface area contributed by atoms with Gasteiger partial charge in [-0.25, -0.2) is 0 Å². The van der Waals surface area contributed by atoms with Crippen LogP contribution in [0.1, 0.15) is 58.9 Å². The van der Waals surface area contributed by atoms with Crippen LogP contribution in [0.5, 0.6) is 5.75 Å². The van der Waals surface area contributed by atoms with E-state index in [0.29, 0.717) is 32.7 Å². The van der Waals surface area contributed by atoms with Gasteiger partial charge in [0.25, 0.3) is 0 Å². The largest absolute Gasteiger partial charge is 0.489 e. The van der Waals surface area contributed by atoms with E-state index in [1.807, 2.05) is 62.9 Å². The summed E-state index contributed by atoms with van der Waals surface area (Å²) in [5.74, 6) is 0.872. The average molecular weight is 484 g/mol. The lowest BCUT2D eigenvalue weighted by Gasteiger charge is -2.38. The van der Waals surface area contributed by atoms with Crippen molar-refractivity contribution in [3.8, 4) is 5.75 Å². The Bertz CT molecular complexity index is 909. The number of hydrogen-bond donors (Lipinski definition) is 1. The number of fused-ring (bicyclic) bond motifs is 3. The fraction of sp³-hybridized carbons (Fsp3) is 0.607. The minimum absolute atomic E-state index is 0.0166. The molecule has 192 valence electrons. The van der Waals surface area contributed by atoms with Gasteiger partial charge in [0.2, 0.25) is 17.7 Å². The maximum Gasteiger partial charge on any atom is 0.242 e. The lowest BCUT2D eigenvalue weighted by molar-refractivity contribution is -0.144. The molecule has 3 amide bonds. The summed E-state index contributed by atoms with van der Waals surface area (Å²) in [4.78, 5) is 42.8. The van der Waals surface area contributed by atoms with Gasteiger partial charge in [-0.15, -0.1) is 0 Å². The van der Waals surface area contributed by atoms with E-state index < -0.39 is 0 Å². The number of nitrogens with one attached hydrogen (secondary N) is 1. The molecule has 0 aromatic heterocycles. The molecule has 2 bridgehead atoms. The van der Waals surface area contributed by atoms with Crippen LogP contribution < -0.4 is 10.1 Å². The first-order valence-corrected chi connectivity index (χ1v) is 13.1. The minimum atomic E-state index is -0.105. The Balaban J connectivity index is 1.86. The van der Waals surface area contributed by atoms with Gasteiger partial charge in [0.05, 0.1) is 0 Å². The van der Waals surface area contributed by atoms with Crippen LogP contribution in [0.2, 0.25) is 0 Å². The molecular formula is C28H41N3O4. The number of para-hydroxylation sites is 1. The molecule has 1 saturated heterocycles. The molecule has 1 fully saturated rings. The Morgan fingerprint density at radius 2 is 1.89 bits per heavy atom. The number of carbonyl (C=O) groups excluding carboxylic acids is 3. The van der Waals surface area contributed by atoms with Crippen molar-refractivity contribution in [2.75, 3.05) is 26.2 Å². The maximum absolute atomic E-state index is 13.4. The number of rotatable bonds is 6. The summed E-state index contributed by atoms with van der Waals surface area (Å²) < 4.78 is 6.07. The topological polar surface area (TPSA) is 79.0 Å². The molecule has 0 spiro atoms. The number of nitrogens with zero attached hydrogens (tertiary/aromatic N) is 2. The van der Waals surface area contributed by atoms with Gasteiger partial charge >= 0.3 is 0 Å². The van der Waals surface area contributed by atoms with Gasteiger partial charge in [-0.2, -0.15) is 0 Å². The van der Waals surface area contributed by atoms with Crippen molar-refractivity contribution in [2.45, 2.75) is 66.0 Å². The van der Waals surface area contributed by atoms with E-state index in [4.69, 9.17) is 4.74 Å². The van der Waals surface area contributed by atoms with E-state index in [0.717, 1.165) is 30.6 Å². The normalized spacial score (nSPS) is 21.0. The zero-order valence-corrected chi connectivity index (χ0v) is 21.7. The van der Waals surface area contributed by atoms with E-state index in [9.17, 15) is 14.4 Å². The number of amides is 3. The van der Waals surface area contributed by atoms with Crippen LogP contribution in [-0.4, -0.2) is 59.8 Å². The molecule has 0 unspecified atom stereocenters. The Labute approximate surface area is 209 Å².